The Labute approximate surface area is 91.9 Å². The fraction of sp³-hybridized carbons (Fsp3) is 0.538. The summed E-state index contributed by atoms with van der Waals surface area (Å²) in [5, 5.41) is 9.91. The topological polar surface area (TPSA) is 29.5 Å². The molecule has 0 heterocycles. The fourth-order valence-corrected chi connectivity index (χ4v) is 1.60. The zero-order chi connectivity index (χ0) is 11.1. The number of hydrogen-bond donors (Lipinski definition) is 1. The molecule has 0 aliphatic heterocycles. The fourth-order valence-electron chi connectivity index (χ4n) is 1.60. The summed E-state index contributed by atoms with van der Waals surface area (Å²) >= 11 is 0. The lowest BCUT2D eigenvalue weighted by atomic mass is 10.0. The molecule has 2 nitrogen and oxygen atoms in total. The summed E-state index contributed by atoms with van der Waals surface area (Å²) < 4.78 is 5.12. The highest BCUT2D eigenvalue weighted by Gasteiger charge is 2.07. The highest BCUT2D eigenvalue weighted by molar-refractivity contribution is 5.29. The summed E-state index contributed by atoms with van der Waals surface area (Å²) in [6, 6.07) is 7.65. The lowest BCUT2D eigenvalue weighted by Crippen LogP contribution is -1.97. The number of methoxy groups -OCH3 is 1. The zero-order valence-corrected chi connectivity index (χ0v) is 9.57. The average Bonchev–Trinajstić information content (AvgIpc) is 2.29. The maximum Gasteiger partial charge on any atom is 0.119 e. The number of rotatable bonds is 6. The van der Waals surface area contributed by atoms with E-state index < -0.39 is 0 Å². The average molecular weight is 208 g/mol. The molecule has 0 radical (unpaired) electrons. The van der Waals surface area contributed by atoms with Crippen LogP contribution in [0.5, 0.6) is 5.75 Å². The van der Waals surface area contributed by atoms with Crippen LogP contribution in [0.1, 0.15) is 44.3 Å². The van der Waals surface area contributed by atoms with Crippen molar-refractivity contribution in [1.29, 1.82) is 0 Å². The summed E-state index contributed by atoms with van der Waals surface area (Å²) in [4.78, 5) is 0. The van der Waals surface area contributed by atoms with E-state index in [0.717, 1.165) is 24.2 Å². The summed E-state index contributed by atoms with van der Waals surface area (Å²) in [6.07, 6.45) is 3.92. The van der Waals surface area contributed by atoms with Crippen molar-refractivity contribution in [2.24, 2.45) is 0 Å². The summed E-state index contributed by atoms with van der Waals surface area (Å²) in [5.74, 6) is 0.807. The highest BCUT2D eigenvalue weighted by Crippen LogP contribution is 2.23. The molecule has 0 fully saturated rings. The molecular formula is C13H20O2. The van der Waals surface area contributed by atoms with Crippen molar-refractivity contribution in [3.8, 4) is 5.75 Å². The van der Waals surface area contributed by atoms with Crippen LogP contribution >= 0.6 is 0 Å². The Morgan fingerprint density at radius 1 is 1.33 bits per heavy atom. The minimum Gasteiger partial charge on any atom is -0.497 e. The van der Waals surface area contributed by atoms with Gasteiger partial charge in [0.25, 0.3) is 0 Å². The lowest BCUT2D eigenvalue weighted by molar-refractivity contribution is 0.163. The Morgan fingerprint density at radius 2 is 2.13 bits per heavy atom. The monoisotopic (exact) mass is 208 g/mol. The molecule has 1 N–H and O–H groups in total. The van der Waals surface area contributed by atoms with Crippen molar-refractivity contribution < 1.29 is 9.84 Å². The van der Waals surface area contributed by atoms with Gasteiger partial charge in [0, 0.05) is 0 Å². The SMILES string of the molecule is CCCCCC(O)c1cccc(OC)c1. The predicted molar refractivity (Wildman–Crippen MR) is 62.1 cm³/mol. The molecular weight excluding hydrogens is 188 g/mol. The van der Waals surface area contributed by atoms with Gasteiger partial charge in [-0.05, 0) is 24.1 Å². The smallest absolute Gasteiger partial charge is 0.119 e. The van der Waals surface area contributed by atoms with Crippen LogP contribution in [0.4, 0.5) is 0 Å². The highest BCUT2D eigenvalue weighted by atomic mass is 16.5. The Hall–Kier alpha value is -1.02. The van der Waals surface area contributed by atoms with Crippen molar-refractivity contribution in [1.82, 2.24) is 0 Å². The van der Waals surface area contributed by atoms with E-state index >= 15 is 0 Å². The summed E-state index contributed by atoms with van der Waals surface area (Å²) in [5.41, 5.74) is 0.949. The van der Waals surface area contributed by atoms with Crippen LogP contribution in [-0.2, 0) is 0 Å². The normalized spacial score (nSPS) is 12.5. The van der Waals surface area contributed by atoms with E-state index in [1.54, 1.807) is 7.11 Å². The molecule has 0 aromatic heterocycles. The molecule has 0 bridgehead atoms. The molecule has 0 aliphatic rings. The molecule has 0 aliphatic carbocycles. The third-order valence-electron chi connectivity index (χ3n) is 2.56. The first kappa shape index (κ1) is 12.1. The van der Waals surface area contributed by atoms with E-state index in [1.807, 2.05) is 24.3 Å². The molecule has 15 heavy (non-hydrogen) atoms. The minimum absolute atomic E-state index is 0.355. The first-order valence-electron chi connectivity index (χ1n) is 5.60. The predicted octanol–water partition coefficient (Wildman–Crippen LogP) is 3.31. The molecule has 1 aromatic rings. The molecule has 1 unspecified atom stereocenters. The first-order valence-corrected chi connectivity index (χ1v) is 5.60. The maximum atomic E-state index is 9.91. The molecule has 84 valence electrons. The molecule has 0 saturated carbocycles. The van der Waals surface area contributed by atoms with Gasteiger partial charge in [0.1, 0.15) is 5.75 Å². The molecule has 1 rings (SSSR count). The lowest BCUT2D eigenvalue weighted by Gasteiger charge is -2.11. The number of unbranched alkanes of at least 4 members (excludes halogenated alkanes) is 2. The number of hydrogen-bond acceptors (Lipinski definition) is 2. The van der Waals surface area contributed by atoms with E-state index in [9.17, 15) is 5.11 Å². The van der Waals surface area contributed by atoms with Crippen LogP contribution in [0, 0.1) is 0 Å². The van der Waals surface area contributed by atoms with Gasteiger partial charge in [-0.15, -0.1) is 0 Å². The second kappa shape index (κ2) is 6.46. The van der Waals surface area contributed by atoms with Crippen LogP contribution in [0.15, 0.2) is 24.3 Å². The number of aliphatic hydroxyl groups is 1. The van der Waals surface area contributed by atoms with Gasteiger partial charge in [-0.2, -0.15) is 0 Å². The number of aliphatic hydroxyl groups excluding tert-OH is 1. The second-order valence-electron chi connectivity index (χ2n) is 3.79. The maximum absolute atomic E-state index is 9.91. The molecule has 0 spiro atoms. The van der Waals surface area contributed by atoms with Crippen LogP contribution < -0.4 is 4.74 Å². The van der Waals surface area contributed by atoms with Gasteiger partial charge >= 0.3 is 0 Å². The summed E-state index contributed by atoms with van der Waals surface area (Å²) in [7, 11) is 1.64. The molecule has 0 amide bonds. The Balaban J connectivity index is 2.52. The Kier molecular flexibility index (Phi) is 5.19. The van der Waals surface area contributed by atoms with Gasteiger partial charge in [0.15, 0.2) is 0 Å². The van der Waals surface area contributed by atoms with Crippen molar-refractivity contribution in [2.75, 3.05) is 7.11 Å². The van der Waals surface area contributed by atoms with Crippen molar-refractivity contribution >= 4 is 0 Å². The van der Waals surface area contributed by atoms with Crippen molar-refractivity contribution in [3.05, 3.63) is 29.8 Å². The van der Waals surface area contributed by atoms with E-state index in [2.05, 4.69) is 6.92 Å². The second-order valence-corrected chi connectivity index (χ2v) is 3.79. The van der Waals surface area contributed by atoms with Crippen molar-refractivity contribution in [2.45, 2.75) is 38.7 Å². The van der Waals surface area contributed by atoms with Gasteiger partial charge in [0.2, 0.25) is 0 Å². The summed E-state index contributed by atoms with van der Waals surface area (Å²) in [6.45, 7) is 2.16. The minimum atomic E-state index is -0.355. The quantitative estimate of drug-likeness (QED) is 0.727. The van der Waals surface area contributed by atoms with Crippen LogP contribution in [0.25, 0.3) is 0 Å². The molecule has 1 atom stereocenters. The number of ether oxygens (including phenoxy) is 1. The van der Waals surface area contributed by atoms with Gasteiger partial charge < -0.3 is 9.84 Å². The van der Waals surface area contributed by atoms with Crippen molar-refractivity contribution in [3.63, 3.8) is 0 Å². The molecule has 2 heteroatoms. The largest absolute Gasteiger partial charge is 0.497 e. The Morgan fingerprint density at radius 3 is 2.80 bits per heavy atom. The van der Waals surface area contributed by atoms with E-state index in [4.69, 9.17) is 4.74 Å². The zero-order valence-electron chi connectivity index (χ0n) is 9.57. The standard InChI is InChI=1S/C13H20O2/c1-3-4-5-9-13(14)11-7-6-8-12(10-11)15-2/h6-8,10,13-14H,3-5,9H2,1-2H3. The van der Waals surface area contributed by atoms with E-state index in [1.165, 1.54) is 12.8 Å². The van der Waals surface area contributed by atoms with Gasteiger partial charge in [-0.1, -0.05) is 38.3 Å². The van der Waals surface area contributed by atoms with Gasteiger partial charge in [0.05, 0.1) is 13.2 Å². The first-order chi connectivity index (χ1) is 7.27. The Bertz CT molecular complexity index is 284. The third kappa shape index (κ3) is 3.92. The molecule has 1 aromatic carbocycles. The van der Waals surface area contributed by atoms with Crippen LogP contribution in [0.2, 0.25) is 0 Å². The third-order valence-corrected chi connectivity index (χ3v) is 2.56. The van der Waals surface area contributed by atoms with Gasteiger partial charge in [-0.25, -0.2) is 0 Å². The van der Waals surface area contributed by atoms with Gasteiger partial charge in [-0.3, -0.25) is 0 Å². The van der Waals surface area contributed by atoms with Crippen LogP contribution in [0.3, 0.4) is 0 Å². The van der Waals surface area contributed by atoms with E-state index in [-0.39, 0.29) is 6.10 Å². The van der Waals surface area contributed by atoms with Crippen LogP contribution in [-0.4, -0.2) is 12.2 Å². The van der Waals surface area contributed by atoms with E-state index in [0.29, 0.717) is 0 Å². The molecule has 0 saturated heterocycles. The number of benzene rings is 1.